The summed E-state index contributed by atoms with van der Waals surface area (Å²) in [5, 5.41) is 0. The Bertz CT molecular complexity index is 1070. The third-order valence-electron chi connectivity index (χ3n) is 5.11. The first kappa shape index (κ1) is 20.8. The van der Waals surface area contributed by atoms with E-state index in [0.29, 0.717) is 12.2 Å². The molecule has 0 bridgehead atoms. The van der Waals surface area contributed by atoms with E-state index in [-0.39, 0.29) is 31.0 Å². The van der Waals surface area contributed by atoms with Gasteiger partial charge in [0.15, 0.2) is 0 Å². The number of nitrogens with zero attached hydrogens (tertiary/aromatic N) is 2. The van der Waals surface area contributed by atoms with Crippen LogP contribution in [0.5, 0.6) is 0 Å². The Hall–Kier alpha value is -2.95. The van der Waals surface area contributed by atoms with E-state index in [1.165, 1.54) is 0 Å². The number of rotatable bonds is 8. The molecule has 0 radical (unpaired) electrons. The maximum atomic E-state index is 12.9. The van der Waals surface area contributed by atoms with Gasteiger partial charge in [-0.2, -0.15) is 0 Å². The number of carbonyl (C=O) groups excluding carboxylic acids is 1. The summed E-state index contributed by atoms with van der Waals surface area (Å²) in [6.07, 6.45) is 2.34. The number of benzene rings is 2. The smallest absolute Gasteiger partial charge is 0.306 e. The van der Waals surface area contributed by atoms with Gasteiger partial charge in [0, 0.05) is 13.0 Å². The fourth-order valence-electron chi connectivity index (χ4n) is 3.35. The van der Waals surface area contributed by atoms with Crippen LogP contribution in [0.2, 0.25) is 0 Å². The van der Waals surface area contributed by atoms with Crippen LogP contribution in [0.25, 0.3) is 11.0 Å². The van der Waals surface area contributed by atoms with Gasteiger partial charge in [0.2, 0.25) is 0 Å². The molecule has 5 heteroatoms. The third kappa shape index (κ3) is 5.11. The van der Waals surface area contributed by atoms with Gasteiger partial charge in [-0.15, -0.1) is 0 Å². The number of unbranched alkanes of at least 4 members (excludes halogenated alkanes) is 1. The van der Waals surface area contributed by atoms with Gasteiger partial charge in [-0.05, 0) is 43.5 Å². The van der Waals surface area contributed by atoms with Crippen molar-refractivity contribution >= 4 is 17.0 Å². The zero-order valence-corrected chi connectivity index (χ0v) is 17.4. The van der Waals surface area contributed by atoms with E-state index >= 15 is 0 Å². The first-order valence-electron chi connectivity index (χ1n) is 10.2. The van der Waals surface area contributed by atoms with Gasteiger partial charge in [0.1, 0.15) is 12.3 Å². The Morgan fingerprint density at radius 2 is 1.93 bits per heavy atom. The summed E-state index contributed by atoms with van der Waals surface area (Å²) in [6, 6.07) is 13.7. The van der Waals surface area contributed by atoms with Gasteiger partial charge in [0.05, 0.1) is 17.5 Å². The lowest BCUT2D eigenvalue weighted by molar-refractivity contribution is -0.144. The quantitative estimate of drug-likeness (QED) is 0.530. The van der Waals surface area contributed by atoms with E-state index in [4.69, 9.17) is 4.74 Å². The maximum absolute atomic E-state index is 12.9. The highest BCUT2D eigenvalue weighted by Crippen LogP contribution is 2.14. The minimum Gasteiger partial charge on any atom is -0.461 e. The zero-order chi connectivity index (χ0) is 20.8. The summed E-state index contributed by atoms with van der Waals surface area (Å²) in [5.74, 6) is -0.319. The van der Waals surface area contributed by atoms with Crippen molar-refractivity contribution in [3.05, 3.63) is 75.2 Å². The van der Waals surface area contributed by atoms with Crippen LogP contribution < -0.4 is 5.56 Å². The number of carbonyl (C=O) groups is 1. The van der Waals surface area contributed by atoms with Gasteiger partial charge in [-0.3, -0.25) is 9.59 Å². The Labute approximate surface area is 171 Å². The lowest BCUT2D eigenvalue weighted by Gasteiger charge is -2.12. The Morgan fingerprint density at radius 1 is 1.14 bits per heavy atom. The molecule has 0 N–H and O–H groups in total. The minimum absolute atomic E-state index is 0.112. The molecule has 29 heavy (non-hydrogen) atoms. The Morgan fingerprint density at radius 3 is 2.72 bits per heavy atom. The second-order valence-corrected chi connectivity index (χ2v) is 7.45. The average molecular weight is 392 g/mol. The van der Waals surface area contributed by atoms with Crippen LogP contribution in [0.15, 0.2) is 47.3 Å². The number of esters is 1. The normalized spacial score (nSPS) is 11.0. The number of ether oxygens (including phenoxy) is 1. The van der Waals surface area contributed by atoms with Crippen LogP contribution in [-0.2, 0) is 29.1 Å². The first-order valence-corrected chi connectivity index (χ1v) is 10.2. The van der Waals surface area contributed by atoms with Crippen LogP contribution in [0, 0.1) is 13.8 Å². The minimum atomic E-state index is -0.319. The van der Waals surface area contributed by atoms with Crippen LogP contribution in [0.4, 0.5) is 0 Å². The molecule has 0 aliphatic heterocycles. The predicted molar refractivity (Wildman–Crippen MR) is 115 cm³/mol. The molecule has 0 aliphatic rings. The van der Waals surface area contributed by atoms with Crippen molar-refractivity contribution in [3.63, 3.8) is 0 Å². The molecule has 0 saturated heterocycles. The summed E-state index contributed by atoms with van der Waals surface area (Å²) >= 11 is 0. The van der Waals surface area contributed by atoms with Crippen molar-refractivity contribution in [1.29, 1.82) is 0 Å². The molecular weight excluding hydrogens is 364 g/mol. The van der Waals surface area contributed by atoms with Gasteiger partial charge in [-0.1, -0.05) is 49.2 Å². The molecule has 0 aliphatic carbocycles. The monoisotopic (exact) mass is 392 g/mol. The number of aromatic nitrogens is 2. The van der Waals surface area contributed by atoms with Crippen LogP contribution >= 0.6 is 0 Å². The number of fused-ring (bicyclic) bond motifs is 1. The Balaban J connectivity index is 1.71. The Kier molecular flexibility index (Phi) is 6.81. The van der Waals surface area contributed by atoms with E-state index in [9.17, 15) is 9.59 Å². The van der Waals surface area contributed by atoms with Gasteiger partial charge in [-0.25, -0.2) is 4.98 Å². The van der Waals surface area contributed by atoms with Gasteiger partial charge >= 0.3 is 5.97 Å². The van der Waals surface area contributed by atoms with E-state index < -0.39 is 0 Å². The molecule has 0 spiro atoms. The lowest BCUT2D eigenvalue weighted by atomic mass is 10.1. The largest absolute Gasteiger partial charge is 0.461 e. The summed E-state index contributed by atoms with van der Waals surface area (Å²) in [5.41, 5.74) is 5.16. The van der Waals surface area contributed by atoms with Crippen LogP contribution in [0.3, 0.4) is 0 Å². The summed E-state index contributed by atoms with van der Waals surface area (Å²) in [6.45, 7) is 7.02. The van der Waals surface area contributed by atoms with Crippen molar-refractivity contribution in [2.75, 3.05) is 0 Å². The number of aryl methyl sites for hydroxylation is 4. The van der Waals surface area contributed by atoms with Crippen LogP contribution in [-0.4, -0.2) is 15.5 Å². The molecule has 1 heterocycles. The van der Waals surface area contributed by atoms with E-state index in [0.717, 1.165) is 40.6 Å². The molecule has 1 aromatic heterocycles. The maximum Gasteiger partial charge on any atom is 0.306 e. The molecule has 0 atom stereocenters. The van der Waals surface area contributed by atoms with E-state index in [1.54, 1.807) is 4.57 Å². The fraction of sp³-hybridized carbons (Fsp3) is 0.375. The van der Waals surface area contributed by atoms with Crippen molar-refractivity contribution in [3.8, 4) is 0 Å². The fourth-order valence-corrected chi connectivity index (χ4v) is 3.35. The molecular formula is C24H28N2O3. The average Bonchev–Trinajstić information content (AvgIpc) is 2.72. The highest BCUT2D eigenvalue weighted by molar-refractivity contribution is 5.75. The van der Waals surface area contributed by atoms with Gasteiger partial charge < -0.3 is 9.30 Å². The zero-order valence-electron chi connectivity index (χ0n) is 17.4. The second kappa shape index (κ2) is 9.50. The number of hydrogen-bond donors (Lipinski definition) is 0. The molecule has 5 nitrogen and oxygen atoms in total. The highest BCUT2D eigenvalue weighted by atomic mass is 16.5. The molecule has 3 aromatic rings. The topological polar surface area (TPSA) is 61.2 Å². The van der Waals surface area contributed by atoms with Crippen LogP contribution in [0.1, 0.15) is 48.6 Å². The standard InChI is InChI=1S/C24H28N2O3/c1-4-5-14-26-22-9-7-6-8-20(22)25-21(24(26)28)12-13-23(27)29-16-19-15-17(2)10-11-18(19)3/h6-11,15H,4-5,12-14,16H2,1-3H3. The second-order valence-electron chi connectivity index (χ2n) is 7.45. The molecule has 0 amide bonds. The van der Waals surface area contributed by atoms with Crippen molar-refractivity contribution in [2.45, 2.75) is 59.6 Å². The molecule has 0 saturated carbocycles. The molecule has 2 aromatic carbocycles. The van der Waals surface area contributed by atoms with Crippen molar-refractivity contribution < 1.29 is 9.53 Å². The SMILES string of the molecule is CCCCn1c(=O)c(CCC(=O)OCc2cc(C)ccc2C)nc2ccccc21. The molecule has 152 valence electrons. The van der Waals surface area contributed by atoms with E-state index in [2.05, 4.69) is 11.9 Å². The number of hydrogen-bond acceptors (Lipinski definition) is 4. The summed E-state index contributed by atoms with van der Waals surface area (Å²) in [4.78, 5) is 29.7. The highest BCUT2D eigenvalue weighted by Gasteiger charge is 2.13. The van der Waals surface area contributed by atoms with Gasteiger partial charge in [0.25, 0.3) is 5.56 Å². The summed E-state index contributed by atoms with van der Waals surface area (Å²) in [7, 11) is 0. The lowest BCUT2D eigenvalue weighted by Crippen LogP contribution is -2.26. The predicted octanol–water partition coefficient (Wildman–Crippen LogP) is 4.49. The van der Waals surface area contributed by atoms with E-state index in [1.807, 2.05) is 56.3 Å². The number of para-hydroxylation sites is 2. The molecule has 0 fully saturated rings. The first-order chi connectivity index (χ1) is 14.0. The summed E-state index contributed by atoms with van der Waals surface area (Å²) < 4.78 is 7.21. The van der Waals surface area contributed by atoms with Crippen molar-refractivity contribution in [2.24, 2.45) is 0 Å². The molecule has 0 unspecified atom stereocenters. The van der Waals surface area contributed by atoms with Crippen molar-refractivity contribution in [1.82, 2.24) is 9.55 Å². The third-order valence-corrected chi connectivity index (χ3v) is 5.11. The molecule has 3 rings (SSSR count).